The molecule has 0 spiro atoms. The van der Waals surface area contributed by atoms with Crippen molar-refractivity contribution >= 4 is 17.5 Å². The van der Waals surface area contributed by atoms with Crippen molar-refractivity contribution < 1.29 is 9.72 Å². The highest BCUT2D eigenvalue weighted by Crippen LogP contribution is 2.09. The molecule has 2 heterocycles. The zero-order chi connectivity index (χ0) is 17.8. The minimum atomic E-state index is -0.610. The van der Waals surface area contributed by atoms with Crippen LogP contribution in [-0.4, -0.2) is 30.4 Å². The molecule has 0 atom stereocenters. The second-order valence-corrected chi connectivity index (χ2v) is 5.56. The van der Waals surface area contributed by atoms with Gasteiger partial charge in [0.15, 0.2) is 5.82 Å². The number of aryl methyl sites for hydroxylation is 1. The van der Waals surface area contributed by atoms with Crippen LogP contribution in [0, 0.1) is 17.0 Å². The second kappa shape index (κ2) is 6.95. The van der Waals surface area contributed by atoms with Crippen molar-refractivity contribution in [3.05, 3.63) is 70.0 Å². The zero-order valence-electron chi connectivity index (χ0n) is 13.5. The maximum Gasteiger partial charge on any atom is 0.389 e. The Morgan fingerprint density at radius 3 is 2.52 bits per heavy atom. The van der Waals surface area contributed by atoms with E-state index in [-0.39, 0.29) is 18.3 Å². The van der Waals surface area contributed by atoms with Gasteiger partial charge in [-0.2, -0.15) is 9.78 Å². The normalized spacial score (nSPS) is 10.6. The van der Waals surface area contributed by atoms with Gasteiger partial charge in [-0.1, -0.05) is 29.8 Å². The molecule has 2 aromatic heterocycles. The molecule has 9 heteroatoms. The number of benzene rings is 1. The molecule has 25 heavy (non-hydrogen) atoms. The number of hydrogen-bond donors (Lipinski definition) is 1. The Morgan fingerprint density at radius 2 is 1.84 bits per heavy atom. The first-order valence-corrected chi connectivity index (χ1v) is 7.56. The fourth-order valence-electron chi connectivity index (χ4n) is 2.26. The fourth-order valence-corrected chi connectivity index (χ4v) is 2.26. The van der Waals surface area contributed by atoms with Crippen LogP contribution in [0.5, 0.6) is 0 Å². The number of hydrogen-bond acceptors (Lipinski definition) is 5. The summed E-state index contributed by atoms with van der Waals surface area (Å²) in [6, 6.07) is 11.1. The van der Waals surface area contributed by atoms with Gasteiger partial charge in [0.2, 0.25) is 5.91 Å². The highest BCUT2D eigenvalue weighted by Gasteiger charge is 2.14. The van der Waals surface area contributed by atoms with Crippen LogP contribution in [0.15, 0.2) is 48.8 Å². The molecule has 3 rings (SSSR count). The minimum Gasteiger partial charge on any atom is -0.358 e. The van der Waals surface area contributed by atoms with E-state index in [1.807, 2.05) is 31.2 Å². The Hall–Kier alpha value is -3.49. The second-order valence-electron chi connectivity index (χ2n) is 5.56. The number of anilines is 1. The van der Waals surface area contributed by atoms with Crippen molar-refractivity contribution in [1.29, 1.82) is 0 Å². The Balaban J connectivity index is 1.57. The van der Waals surface area contributed by atoms with Crippen molar-refractivity contribution in [1.82, 2.24) is 19.6 Å². The number of nitrogens with one attached hydrogen (secondary N) is 1. The maximum absolute atomic E-state index is 12.0. The Labute approximate surface area is 143 Å². The van der Waals surface area contributed by atoms with Gasteiger partial charge in [0.25, 0.3) is 0 Å². The molecular formula is C16H16N6O3. The number of aromatic nitrogens is 4. The number of nitrogens with zero attached hydrogens (tertiary/aromatic N) is 5. The molecule has 0 aliphatic rings. The summed E-state index contributed by atoms with van der Waals surface area (Å²) in [4.78, 5) is 21.9. The molecule has 9 nitrogen and oxygen atoms in total. The fraction of sp³-hybridized carbons (Fsp3) is 0.188. The molecule has 0 fully saturated rings. The van der Waals surface area contributed by atoms with E-state index in [0.717, 1.165) is 5.56 Å². The summed E-state index contributed by atoms with van der Waals surface area (Å²) in [5, 5.41) is 21.2. The summed E-state index contributed by atoms with van der Waals surface area (Å²) in [6.07, 6.45) is 3.15. The minimum absolute atomic E-state index is 0.126. The number of carbonyl (C=O) groups excluding carboxylic acids is 1. The van der Waals surface area contributed by atoms with Crippen LogP contribution in [0.25, 0.3) is 0 Å². The molecule has 0 saturated heterocycles. The first-order chi connectivity index (χ1) is 12.0. The molecule has 0 unspecified atom stereocenters. The molecule has 0 saturated carbocycles. The number of nitro groups is 1. The summed E-state index contributed by atoms with van der Waals surface area (Å²) in [5.41, 5.74) is 2.30. The Morgan fingerprint density at radius 1 is 1.12 bits per heavy atom. The van der Waals surface area contributed by atoms with E-state index in [1.165, 1.54) is 22.5 Å². The predicted molar refractivity (Wildman–Crippen MR) is 90.0 cm³/mol. The van der Waals surface area contributed by atoms with Gasteiger partial charge < -0.3 is 15.4 Å². The monoisotopic (exact) mass is 340 g/mol. The lowest BCUT2D eigenvalue weighted by Gasteiger charge is -2.03. The van der Waals surface area contributed by atoms with E-state index < -0.39 is 4.92 Å². The van der Waals surface area contributed by atoms with Crippen molar-refractivity contribution in [2.24, 2.45) is 0 Å². The molecule has 128 valence electrons. The Kier molecular flexibility index (Phi) is 4.55. The van der Waals surface area contributed by atoms with E-state index in [9.17, 15) is 14.9 Å². The molecule has 1 N–H and O–H groups in total. The van der Waals surface area contributed by atoms with E-state index in [1.54, 1.807) is 16.9 Å². The summed E-state index contributed by atoms with van der Waals surface area (Å²) in [7, 11) is 0. The quantitative estimate of drug-likeness (QED) is 0.545. The lowest BCUT2D eigenvalue weighted by Crippen LogP contribution is -2.19. The molecule has 0 radical (unpaired) electrons. The van der Waals surface area contributed by atoms with E-state index in [2.05, 4.69) is 15.5 Å². The molecule has 0 aliphatic carbocycles. The van der Waals surface area contributed by atoms with Crippen LogP contribution in [-0.2, 0) is 17.9 Å². The van der Waals surface area contributed by atoms with E-state index in [4.69, 9.17) is 0 Å². The van der Waals surface area contributed by atoms with Gasteiger partial charge in [0.1, 0.15) is 6.54 Å². The summed E-state index contributed by atoms with van der Waals surface area (Å²) in [6.45, 7) is 2.50. The van der Waals surface area contributed by atoms with Crippen LogP contribution < -0.4 is 5.32 Å². The van der Waals surface area contributed by atoms with Crippen LogP contribution in [0.4, 0.5) is 11.6 Å². The molecule has 1 aromatic carbocycles. The average molecular weight is 340 g/mol. The molecule has 0 bridgehead atoms. The highest BCUT2D eigenvalue weighted by molar-refractivity contribution is 5.89. The Bertz CT molecular complexity index is 897. The molecule has 3 aromatic rings. The van der Waals surface area contributed by atoms with Gasteiger partial charge in [0, 0.05) is 12.3 Å². The van der Waals surface area contributed by atoms with Gasteiger partial charge in [-0.15, -0.1) is 0 Å². The van der Waals surface area contributed by atoms with Crippen molar-refractivity contribution in [3.63, 3.8) is 0 Å². The molecular weight excluding hydrogens is 324 g/mol. The van der Waals surface area contributed by atoms with Gasteiger partial charge >= 0.3 is 5.82 Å². The molecule has 0 aliphatic heterocycles. The summed E-state index contributed by atoms with van der Waals surface area (Å²) >= 11 is 0. The highest BCUT2D eigenvalue weighted by atomic mass is 16.6. The average Bonchev–Trinajstić information content (AvgIpc) is 3.19. The first kappa shape index (κ1) is 16.4. The van der Waals surface area contributed by atoms with E-state index >= 15 is 0 Å². The molecule has 1 amide bonds. The third-order valence-corrected chi connectivity index (χ3v) is 3.49. The number of carbonyl (C=O) groups is 1. The SMILES string of the molecule is Cc1ccc(Cn2ccc(NC(=O)Cn3ccc([N+](=O)[O-])n3)n2)cc1. The lowest BCUT2D eigenvalue weighted by molar-refractivity contribution is -0.389. The van der Waals surface area contributed by atoms with Crippen LogP contribution in [0.2, 0.25) is 0 Å². The smallest absolute Gasteiger partial charge is 0.358 e. The third kappa shape index (κ3) is 4.28. The summed E-state index contributed by atoms with van der Waals surface area (Å²) < 4.78 is 2.93. The van der Waals surface area contributed by atoms with Crippen LogP contribution in [0.3, 0.4) is 0 Å². The van der Waals surface area contributed by atoms with E-state index in [0.29, 0.717) is 12.4 Å². The summed E-state index contributed by atoms with van der Waals surface area (Å²) in [5.74, 6) is -0.243. The van der Waals surface area contributed by atoms with Gasteiger partial charge in [-0.3, -0.25) is 9.48 Å². The van der Waals surface area contributed by atoms with Gasteiger partial charge in [-0.05, 0) is 17.4 Å². The van der Waals surface area contributed by atoms with Crippen molar-refractivity contribution in [2.45, 2.75) is 20.0 Å². The maximum atomic E-state index is 12.0. The number of amides is 1. The topological polar surface area (TPSA) is 108 Å². The van der Waals surface area contributed by atoms with Crippen LogP contribution >= 0.6 is 0 Å². The lowest BCUT2D eigenvalue weighted by atomic mass is 10.1. The van der Waals surface area contributed by atoms with Crippen LogP contribution in [0.1, 0.15) is 11.1 Å². The third-order valence-electron chi connectivity index (χ3n) is 3.49. The zero-order valence-corrected chi connectivity index (χ0v) is 13.5. The largest absolute Gasteiger partial charge is 0.389 e. The predicted octanol–water partition coefficient (Wildman–Crippen LogP) is 1.98. The van der Waals surface area contributed by atoms with Crippen molar-refractivity contribution in [3.8, 4) is 0 Å². The standard InChI is InChI=1S/C16H16N6O3/c1-12-2-4-13(5-3-12)10-20-8-6-14(18-20)17-16(23)11-21-9-7-15(19-21)22(24)25/h2-9H,10-11H2,1H3,(H,17,18,23). The number of rotatable bonds is 6. The van der Waals surface area contributed by atoms with Crippen molar-refractivity contribution in [2.75, 3.05) is 5.32 Å². The van der Waals surface area contributed by atoms with Gasteiger partial charge in [-0.25, -0.2) is 0 Å². The van der Waals surface area contributed by atoms with Gasteiger partial charge in [0.05, 0.1) is 23.9 Å². The first-order valence-electron chi connectivity index (χ1n) is 7.56.